The largest absolute Gasteiger partial charge is 0.387 e. The summed E-state index contributed by atoms with van der Waals surface area (Å²) in [7, 11) is 0. The molecule has 102 valence electrons. The van der Waals surface area contributed by atoms with Gasteiger partial charge in [0.15, 0.2) is 0 Å². The number of hydrogen-bond donors (Lipinski definition) is 2. The fraction of sp³-hybridized carbons (Fsp3) is 0.692. The van der Waals surface area contributed by atoms with E-state index in [0.717, 1.165) is 17.3 Å². The summed E-state index contributed by atoms with van der Waals surface area (Å²) in [5.74, 6) is 2.62. The van der Waals surface area contributed by atoms with Crippen molar-refractivity contribution >= 4 is 17.6 Å². The Bertz CT molecular complexity index is 394. The Kier molecular flexibility index (Phi) is 5.41. The molecule has 0 fully saturated rings. The molecule has 0 aliphatic heterocycles. The van der Waals surface area contributed by atoms with Gasteiger partial charge in [-0.15, -0.1) is 0 Å². The quantitative estimate of drug-likeness (QED) is 0.830. The minimum Gasteiger partial charge on any atom is -0.387 e. The lowest BCUT2D eigenvalue weighted by molar-refractivity contribution is 0.0996. The second kappa shape index (κ2) is 6.38. The second-order valence-corrected chi connectivity index (χ2v) is 6.06. The molecule has 2 N–H and O–H groups in total. The third kappa shape index (κ3) is 4.82. The molecule has 0 aliphatic rings. The van der Waals surface area contributed by atoms with E-state index < -0.39 is 5.60 Å². The highest BCUT2D eigenvalue weighted by atomic mass is 32.2. The van der Waals surface area contributed by atoms with Crippen LogP contribution in [0, 0.1) is 6.92 Å². The first kappa shape index (κ1) is 15.2. The molecule has 0 aromatic carbocycles. The maximum Gasteiger partial charge on any atom is 0.133 e. The van der Waals surface area contributed by atoms with Gasteiger partial charge in [0.1, 0.15) is 11.6 Å². The van der Waals surface area contributed by atoms with Crippen molar-refractivity contribution in [1.82, 2.24) is 9.97 Å². The van der Waals surface area contributed by atoms with Crippen LogP contribution in [0.3, 0.4) is 0 Å². The van der Waals surface area contributed by atoms with Gasteiger partial charge in [-0.3, -0.25) is 0 Å². The molecule has 0 radical (unpaired) electrons. The monoisotopic (exact) mass is 269 g/mol. The van der Waals surface area contributed by atoms with Gasteiger partial charge in [-0.1, -0.05) is 13.8 Å². The van der Waals surface area contributed by atoms with Gasteiger partial charge < -0.3 is 10.4 Å². The Morgan fingerprint density at radius 1 is 1.44 bits per heavy atom. The molecule has 1 aromatic rings. The first-order valence-electron chi connectivity index (χ1n) is 6.15. The molecule has 1 rings (SSSR count). The van der Waals surface area contributed by atoms with Crippen molar-refractivity contribution in [2.24, 2.45) is 0 Å². The van der Waals surface area contributed by atoms with E-state index in [-0.39, 0.29) is 0 Å². The van der Waals surface area contributed by atoms with Crippen LogP contribution in [0.25, 0.3) is 0 Å². The van der Waals surface area contributed by atoms with Crippen LogP contribution in [0.1, 0.15) is 38.2 Å². The number of aromatic nitrogens is 2. The maximum atomic E-state index is 10.1. The standard InChI is InChI=1S/C13H23N3OS/c1-9(2)12-15-10(3)6-11(16-12)14-7-13(4,17)8-18-5/h6,9,17H,7-8H2,1-5H3,(H,14,15,16). The van der Waals surface area contributed by atoms with E-state index in [1.54, 1.807) is 11.8 Å². The zero-order chi connectivity index (χ0) is 13.8. The lowest BCUT2D eigenvalue weighted by Gasteiger charge is -2.23. The molecule has 0 spiro atoms. The van der Waals surface area contributed by atoms with Crippen molar-refractivity contribution in [1.29, 1.82) is 0 Å². The van der Waals surface area contributed by atoms with Crippen LogP contribution in [0.2, 0.25) is 0 Å². The number of hydrogen-bond acceptors (Lipinski definition) is 5. The van der Waals surface area contributed by atoms with Gasteiger partial charge in [0, 0.05) is 30.0 Å². The average molecular weight is 269 g/mol. The molecule has 0 bridgehead atoms. The van der Waals surface area contributed by atoms with E-state index in [1.807, 2.05) is 26.2 Å². The van der Waals surface area contributed by atoms with Gasteiger partial charge in [0.2, 0.25) is 0 Å². The number of nitrogens with one attached hydrogen (secondary N) is 1. The van der Waals surface area contributed by atoms with Crippen molar-refractivity contribution < 1.29 is 5.11 Å². The number of rotatable bonds is 6. The van der Waals surface area contributed by atoms with Gasteiger partial charge in [-0.25, -0.2) is 9.97 Å². The summed E-state index contributed by atoms with van der Waals surface area (Å²) in [6.07, 6.45) is 1.99. The second-order valence-electron chi connectivity index (χ2n) is 5.19. The molecule has 1 unspecified atom stereocenters. The Balaban J connectivity index is 2.73. The zero-order valence-corrected chi connectivity index (χ0v) is 12.6. The summed E-state index contributed by atoms with van der Waals surface area (Å²) in [5.41, 5.74) is 0.219. The van der Waals surface area contributed by atoms with Crippen molar-refractivity contribution in [2.75, 3.05) is 23.9 Å². The minimum absolute atomic E-state index is 0.303. The van der Waals surface area contributed by atoms with E-state index in [1.165, 1.54) is 0 Å². The van der Waals surface area contributed by atoms with E-state index in [2.05, 4.69) is 29.1 Å². The first-order chi connectivity index (χ1) is 8.34. The molecule has 0 aliphatic carbocycles. The number of nitrogens with zero attached hydrogens (tertiary/aromatic N) is 2. The number of aliphatic hydroxyl groups is 1. The van der Waals surface area contributed by atoms with Crippen molar-refractivity contribution in [2.45, 2.75) is 39.2 Å². The van der Waals surface area contributed by atoms with E-state index in [4.69, 9.17) is 0 Å². The minimum atomic E-state index is -0.726. The highest BCUT2D eigenvalue weighted by Gasteiger charge is 2.19. The molecule has 18 heavy (non-hydrogen) atoms. The van der Waals surface area contributed by atoms with Crippen molar-refractivity contribution in [3.8, 4) is 0 Å². The van der Waals surface area contributed by atoms with Crippen LogP contribution in [0.4, 0.5) is 5.82 Å². The number of thioether (sulfide) groups is 1. The van der Waals surface area contributed by atoms with Gasteiger partial charge in [-0.2, -0.15) is 11.8 Å². The molecule has 1 aromatic heterocycles. The third-order valence-corrected chi connectivity index (χ3v) is 3.40. The molecule has 4 nitrogen and oxygen atoms in total. The van der Waals surface area contributed by atoms with Gasteiger partial charge in [0.25, 0.3) is 0 Å². The lowest BCUT2D eigenvalue weighted by Crippen LogP contribution is -2.36. The van der Waals surface area contributed by atoms with Crippen LogP contribution in [-0.2, 0) is 0 Å². The SMILES string of the molecule is CSCC(C)(O)CNc1cc(C)nc(C(C)C)n1. The van der Waals surface area contributed by atoms with Crippen LogP contribution in [0.15, 0.2) is 6.07 Å². The van der Waals surface area contributed by atoms with Gasteiger partial charge in [0.05, 0.1) is 5.60 Å². The summed E-state index contributed by atoms with van der Waals surface area (Å²) in [5, 5.41) is 13.3. The lowest BCUT2D eigenvalue weighted by atomic mass is 10.1. The smallest absolute Gasteiger partial charge is 0.133 e. The van der Waals surface area contributed by atoms with Gasteiger partial charge >= 0.3 is 0 Å². The van der Waals surface area contributed by atoms with Gasteiger partial charge in [-0.05, 0) is 20.1 Å². The highest BCUT2D eigenvalue weighted by molar-refractivity contribution is 7.98. The molecular formula is C13H23N3OS. The van der Waals surface area contributed by atoms with Crippen LogP contribution < -0.4 is 5.32 Å². The van der Waals surface area contributed by atoms with Crippen molar-refractivity contribution in [3.05, 3.63) is 17.6 Å². The Morgan fingerprint density at radius 3 is 2.67 bits per heavy atom. The third-order valence-electron chi connectivity index (χ3n) is 2.49. The molecule has 0 amide bonds. The summed E-state index contributed by atoms with van der Waals surface area (Å²) < 4.78 is 0. The molecule has 0 saturated heterocycles. The van der Waals surface area contributed by atoms with E-state index in [9.17, 15) is 5.11 Å². The fourth-order valence-corrected chi connectivity index (χ4v) is 2.31. The first-order valence-corrected chi connectivity index (χ1v) is 7.54. The fourth-order valence-electron chi connectivity index (χ4n) is 1.58. The molecule has 1 heterocycles. The average Bonchev–Trinajstić information content (AvgIpc) is 2.26. The Hall–Kier alpha value is -0.810. The zero-order valence-electron chi connectivity index (χ0n) is 11.8. The number of anilines is 1. The predicted molar refractivity (Wildman–Crippen MR) is 78.4 cm³/mol. The molecular weight excluding hydrogens is 246 g/mol. The van der Waals surface area contributed by atoms with Crippen molar-refractivity contribution in [3.63, 3.8) is 0 Å². The van der Waals surface area contributed by atoms with E-state index in [0.29, 0.717) is 18.2 Å². The number of aryl methyl sites for hydroxylation is 1. The molecule has 5 heteroatoms. The van der Waals surface area contributed by atoms with Crippen LogP contribution in [-0.4, -0.2) is 39.2 Å². The summed E-state index contributed by atoms with van der Waals surface area (Å²) >= 11 is 1.63. The maximum absolute atomic E-state index is 10.1. The normalized spacial score (nSPS) is 14.6. The molecule has 1 atom stereocenters. The summed E-state index contributed by atoms with van der Waals surface area (Å²) in [4.78, 5) is 8.85. The Morgan fingerprint density at radius 2 is 2.11 bits per heavy atom. The Labute approximate surface area is 114 Å². The van der Waals surface area contributed by atoms with Crippen LogP contribution >= 0.6 is 11.8 Å². The summed E-state index contributed by atoms with van der Waals surface area (Å²) in [6, 6.07) is 1.90. The summed E-state index contributed by atoms with van der Waals surface area (Å²) in [6.45, 7) is 8.42. The molecule has 0 saturated carbocycles. The topological polar surface area (TPSA) is 58.0 Å². The highest BCUT2D eigenvalue weighted by Crippen LogP contribution is 2.16. The predicted octanol–water partition coefficient (Wildman–Crippen LogP) is 2.43. The van der Waals surface area contributed by atoms with Crippen LogP contribution in [0.5, 0.6) is 0 Å². The van der Waals surface area contributed by atoms with E-state index >= 15 is 0 Å².